The lowest BCUT2D eigenvalue weighted by Gasteiger charge is -2.18. The maximum absolute atomic E-state index is 14.1. The predicted octanol–water partition coefficient (Wildman–Crippen LogP) is 4.80. The number of halogens is 1. The molecule has 1 unspecified atom stereocenters. The number of thiophene rings is 1. The fraction of sp³-hybridized carbons (Fsp3) is 0.412. The largest absolute Gasteiger partial charge is 0.309 e. The van der Waals surface area contributed by atoms with Crippen LogP contribution in [-0.4, -0.2) is 7.05 Å². The summed E-state index contributed by atoms with van der Waals surface area (Å²) >= 11 is 1.75. The zero-order valence-electron chi connectivity index (χ0n) is 12.8. The molecule has 20 heavy (non-hydrogen) atoms. The molecule has 0 spiro atoms. The van der Waals surface area contributed by atoms with Crippen LogP contribution in [0.4, 0.5) is 4.39 Å². The van der Waals surface area contributed by atoms with Crippen LogP contribution >= 0.6 is 11.3 Å². The third kappa shape index (κ3) is 3.10. The van der Waals surface area contributed by atoms with E-state index in [1.54, 1.807) is 23.5 Å². The number of aryl methyl sites for hydroxylation is 1. The normalized spacial score (nSPS) is 13.5. The first kappa shape index (κ1) is 15.2. The third-order valence-electron chi connectivity index (χ3n) is 3.40. The van der Waals surface area contributed by atoms with E-state index in [1.165, 1.54) is 4.88 Å². The van der Waals surface area contributed by atoms with Gasteiger partial charge in [-0.25, -0.2) is 4.39 Å². The van der Waals surface area contributed by atoms with E-state index in [0.717, 1.165) is 16.0 Å². The van der Waals surface area contributed by atoms with Crippen LogP contribution in [0.15, 0.2) is 30.3 Å². The highest BCUT2D eigenvalue weighted by molar-refractivity contribution is 7.12. The Kier molecular flexibility index (Phi) is 4.31. The van der Waals surface area contributed by atoms with Gasteiger partial charge in [-0.1, -0.05) is 38.5 Å². The zero-order valence-corrected chi connectivity index (χ0v) is 13.6. The Morgan fingerprint density at radius 1 is 1.15 bits per heavy atom. The molecule has 1 aromatic carbocycles. The van der Waals surface area contributed by atoms with E-state index in [1.807, 2.05) is 20.0 Å². The lowest BCUT2D eigenvalue weighted by Crippen LogP contribution is -2.18. The molecule has 1 heterocycles. The van der Waals surface area contributed by atoms with E-state index >= 15 is 0 Å². The molecule has 0 fully saturated rings. The molecule has 0 amide bonds. The fourth-order valence-corrected chi connectivity index (χ4v) is 3.44. The van der Waals surface area contributed by atoms with Gasteiger partial charge >= 0.3 is 0 Å². The van der Waals surface area contributed by atoms with Gasteiger partial charge in [0.25, 0.3) is 0 Å². The van der Waals surface area contributed by atoms with E-state index in [0.29, 0.717) is 0 Å². The number of hydrogen-bond donors (Lipinski definition) is 1. The van der Waals surface area contributed by atoms with E-state index in [4.69, 9.17) is 0 Å². The number of hydrogen-bond acceptors (Lipinski definition) is 2. The molecule has 0 aliphatic heterocycles. The first-order chi connectivity index (χ1) is 9.32. The van der Waals surface area contributed by atoms with Gasteiger partial charge in [0, 0.05) is 15.3 Å². The van der Waals surface area contributed by atoms with Crippen molar-refractivity contribution in [3.63, 3.8) is 0 Å². The van der Waals surface area contributed by atoms with Crippen LogP contribution < -0.4 is 5.32 Å². The average molecular weight is 291 g/mol. The maximum atomic E-state index is 14.1. The molecule has 0 aliphatic carbocycles. The molecule has 3 heteroatoms. The Labute approximate surface area is 124 Å². The van der Waals surface area contributed by atoms with Crippen LogP contribution in [-0.2, 0) is 5.41 Å². The van der Waals surface area contributed by atoms with Gasteiger partial charge in [0.1, 0.15) is 5.82 Å². The van der Waals surface area contributed by atoms with Gasteiger partial charge in [-0.15, -0.1) is 11.3 Å². The van der Waals surface area contributed by atoms with E-state index in [-0.39, 0.29) is 17.3 Å². The Balaban J connectivity index is 2.42. The van der Waals surface area contributed by atoms with Crippen molar-refractivity contribution < 1.29 is 4.39 Å². The summed E-state index contributed by atoms with van der Waals surface area (Å²) in [7, 11) is 1.88. The molecule has 0 radical (unpaired) electrons. The molecule has 2 rings (SSSR count). The van der Waals surface area contributed by atoms with Crippen LogP contribution in [0.5, 0.6) is 0 Å². The first-order valence-electron chi connectivity index (χ1n) is 6.86. The lowest BCUT2D eigenvalue weighted by molar-refractivity contribution is 0.578. The van der Waals surface area contributed by atoms with Gasteiger partial charge in [-0.2, -0.15) is 0 Å². The molecule has 0 saturated heterocycles. The summed E-state index contributed by atoms with van der Waals surface area (Å²) in [4.78, 5) is 2.47. The molecular formula is C17H22FNS. The van der Waals surface area contributed by atoms with E-state index in [9.17, 15) is 4.39 Å². The molecule has 2 aromatic rings. The second kappa shape index (κ2) is 5.66. The minimum atomic E-state index is -0.152. The van der Waals surface area contributed by atoms with E-state index < -0.39 is 0 Å². The van der Waals surface area contributed by atoms with Crippen molar-refractivity contribution in [2.75, 3.05) is 7.05 Å². The molecular weight excluding hydrogens is 269 g/mol. The van der Waals surface area contributed by atoms with Crippen LogP contribution in [0.2, 0.25) is 0 Å². The molecule has 1 atom stereocenters. The summed E-state index contributed by atoms with van der Waals surface area (Å²) < 4.78 is 14.1. The highest BCUT2D eigenvalue weighted by Crippen LogP contribution is 2.35. The van der Waals surface area contributed by atoms with Crippen molar-refractivity contribution in [1.29, 1.82) is 0 Å². The lowest BCUT2D eigenvalue weighted by atomic mass is 9.95. The van der Waals surface area contributed by atoms with Crippen molar-refractivity contribution in [2.24, 2.45) is 0 Å². The summed E-state index contributed by atoms with van der Waals surface area (Å²) in [5.41, 5.74) is 1.93. The van der Waals surface area contributed by atoms with Gasteiger partial charge in [-0.3, -0.25) is 0 Å². The summed E-state index contributed by atoms with van der Waals surface area (Å²) in [6.07, 6.45) is 0. The van der Waals surface area contributed by atoms with E-state index in [2.05, 4.69) is 38.2 Å². The van der Waals surface area contributed by atoms with Crippen LogP contribution in [0, 0.1) is 12.7 Å². The average Bonchev–Trinajstić information content (AvgIpc) is 2.84. The van der Waals surface area contributed by atoms with Crippen molar-refractivity contribution in [3.05, 3.63) is 57.0 Å². The van der Waals surface area contributed by atoms with Crippen molar-refractivity contribution >= 4 is 11.3 Å². The monoisotopic (exact) mass is 291 g/mol. The molecule has 0 saturated carbocycles. The summed E-state index contributed by atoms with van der Waals surface area (Å²) in [6, 6.07) is 9.45. The summed E-state index contributed by atoms with van der Waals surface area (Å²) in [6.45, 7) is 8.59. The van der Waals surface area contributed by atoms with Gasteiger partial charge in [0.05, 0.1) is 6.04 Å². The topological polar surface area (TPSA) is 12.0 Å². The second-order valence-electron chi connectivity index (χ2n) is 6.20. The zero-order chi connectivity index (χ0) is 14.9. The molecule has 0 bridgehead atoms. The highest BCUT2D eigenvalue weighted by atomic mass is 32.1. The van der Waals surface area contributed by atoms with Gasteiger partial charge in [0.2, 0.25) is 0 Å². The van der Waals surface area contributed by atoms with Gasteiger partial charge < -0.3 is 5.32 Å². The minimum absolute atomic E-state index is 0.0870. The Bertz CT molecular complexity index is 595. The molecule has 1 aromatic heterocycles. The number of benzene rings is 1. The highest BCUT2D eigenvalue weighted by Gasteiger charge is 2.22. The van der Waals surface area contributed by atoms with Crippen LogP contribution in [0.25, 0.3) is 0 Å². The maximum Gasteiger partial charge on any atom is 0.128 e. The van der Waals surface area contributed by atoms with Crippen molar-refractivity contribution in [3.8, 4) is 0 Å². The van der Waals surface area contributed by atoms with Crippen molar-refractivity contribution in [1.82, 2.24) is 5.32 Å². The predicted molar refractivity (Wildman–Crippen MR) is 85.1 cm³/mol. The number of rotatable bonds is 3. The fourth-order valence-electron chi connectivity index (χ4n) is 2.25. The molecule has 1 nitrogen and oxygen atoms in total. The van der Waals surface area contributed by atoms with Crippen molar-refractivity contribution in [2.45, 2.75) is 39.2 Å². The Morgan fingerprint density at radius 3 is 2.40 bits per heavy atom. The van der Waals surface area contributed by atoms with Crippen LogP contribution in [0.3, 0.4) is 0 Å². The molecule has 108 valence electrons. The summed E-state index contributed by atoms with van der Waals surface area (Å²) in [5, 5.41) is 3.24. The quantitative estimate of drug-likeness (QED) is 0.856. The SMILES string of the molecule is CNC(c1ccc(C(C)(C)C)s1)c1cc(C)ccc1F. The summed E-state index contributed by atoms with van der Waals surface area (Å²) in [5.74, 6) is -0.152. The smallest absolute Gasteiger partial charge is 0.128 e. The second-order valence-corrected chi connectivity index (χ2v) is 7.31. The van der Waals surface area contributed by atoms with Crippen LogP contribution in [0.1, 0.15) is 47.7 Å². The minimum Gasteiger partial charge on any atom is -0.309 e. The third-order valence-corrected chi connectivity index (χ3v) is 4.98. The van der Waals surface area contributed by atoms with Gasteiger partial charge in [0.15, 0.2) is 0 Å². The molecule has 1 N–H and O–H groups in total. The number of nitrogens with one attached hydrogen (secondary N) is 1. The van der Waals surface area contributed by atoms with Gasteiger partial charge in [-0.05, 0) is 37.6 Å². The first-order valence-corrected chi connectivity index (χ1v) is 7.68. The Morgan fingerprint density at radius 2 is 1.85 bits per heavy atom. The standard InChI is InChI=1S/C17H22FNS/c1-11-6-7-13(18)12(10-11)16(19-5)14-8-9-15(20-14)17(2,3)4/h6-10,16,19H,1-5H3. The molecule has 0 aliphatic rings. The Hall–Kier alpha value is -1.19.